The van der Waals surface area contributed by atoms with Gasteiger partial charge in [0.1, 0.15) is 0 Å². The third-order valence-corrected chi connectivity index (χ3v) is 3.73. The molecule has 0 unspecified atom stereocenters. The molecule has 122 valence electrons. The molecule has 6 nitrogen and oxygen atoms in total. The Morgan fingerprint density at radius 2 is 2.10 bits per heavy atom. The molecule has 0 aliphatic heterocycles. The molecule has 6 heteroatoms. The van der Waals surface area contributed by atoms with Crippen molar-refractivity contribution < 1.29 is 9.53 Å². The lowest BCUT2D eigenvalue weighted by Crippen LogP contribution is -2.48. The summed E-state index contributed by atoms with van der Waals surface area (Å²) in [7, 11) is 5.38. The van der Waals surface area contributed by atoms with Crippen molar-refractivity contribution in [3.63, 3.8) is 0 Å². The van der Waals surface area contributed by atoms with Crippen LogP contribution in [0.1, 0.15) is 26.7 Å². The second-order valence-electron chi connectivity index (χ2n) is 6.30. The van der Waals surface area contributed by atoms with E-state index in [0.29, 0.717) is 13.2 Å². The second kappa shape index (κ2) is 8.22. The van der Waals surface area contributed by atoms with Crippen molar-refractivity contribution in [1.82, 2.24) is 15.5 Å². The van der Waals surface area contributed by atoms with Crippen LogP contribution < -0.4 is 10.6 Å². The van der Waals surface area contributed by atoms with Crippen molar-refractivity contribution in [3.8, 4) is 0 Å². The molecule has 0 aromatic rings. The van der Waals surface area contributed by atoms with Gasteiger partial charge in [-0.25, -0.2) is 0 Å². The topological polar surface area (TPSA) is 66.0 Å². The zero-order valence-corrected chi connectivity index (χ0v) is 14.0. The highest BCUT2D eigenvalue weighted by atomic mass is 16.5. The Bertz CT molecular complexity index is 365. The molecule has 0 bridgehead atoms. The Kier molecular flexibility index (Phi) is 6.95. The Morgan fingerprint density at radius 3 is 2.62 bits per heavy atom. The number of ether oxygens (including phenoxy) is 1. The van der Waals surface area contributed by atoms with E-state index in [2.05, 4.69) is 15.6 Å². The number of carbonyl (C=O) groups excluding carboxylic acids is 1. The summed E-state index contributed by atoms with van der Waals surface area (Å²) in [5.41, 5.74) is -0.478. The van der Waals surface area contributed by atoms with Crippen molar-refractivity contribution in [2.45, 2.75) is 26.7 Å². The van der Waals surface area contributed by atoms with Gasteiger partial charge in [-0.05, 0) is 32.6 Å². The van der Waals surface area contributed by atoms with E-state index in [9.17, 15) is 4.79 Å². The molecule has 1 amide bonds. The standard InChI is InChI=1S/C15H30N4O2/c1-15(2,13(20)16-3)11-18-14(17-4)19(5)8-9-21-10-12-6-7-12/h12H,6-11H2,1-5H3,(H,16,20)(H,17,18). The van der Waals surface area contributed by atoms with Crippen LogP contribution in [0.4, 0.5) is 0 Å². The fourth-order valence-electron chi connectivity index (χ4n) is 1.95. The summed E-state index contributed by atoms with van der Waals surface area (Å²) >= 11 is 0. The quantitative estimate of drug-likeness (QED) is 0.393. The molecule has 0 aromatic carbocycles. The van der Waals surface area contributed by atoms with E-state index in [1.165, 1.54) is 12.8 Å². The Labute approximate surface area is 128 Å². The molecular weight excluding hydrogens is 268 g/mol. The van der Waals surface area contributed by atoms with Gasteiger partial charge < -0.3 is 20.3 Å². The number of carbonyl (C=O) groups is 1. The van der Waals surface area contributed by atoms with Crippen LogP contribution in [-0.4, -0.2) is 64.2 Å². The molecule has 0 atom stereocenters. The zero-order valence-electron chi connectivity index (χ0n) is 14.0. The highest BCUT2D eigenvalue weighted by molar-refractivity contribution is 5.84. The molecule has 1 fully saturated rings. The highest BCUT2D eigenvalue weighted by Crippen LogP contribution is 2.28. The van der Waals surface area contributed by atoms with E-state index in [-0.39, 0.29) is 5.91 Å². The minimum absolute atomic E-state index is 0.0147. The van der Waals surface area contributed by atoms with Crippen molar-refractivity contribution in [2.75, 3.05) is 47.4 Å². The lowest BCUT2D eigenvalue weighted by Gasteiger charge is -2.27. The molecular formula is C15H30N4O2. The van der Waals surface area contributed by atoms with E-state index in [4.69, 9.17) is 4.74 Å². The number of nitrogens with zero attached hydrogens (tertiary/aromatic N) is 2. The Hall–Kier alpha value is -1.30. The van der Waals surface area contributed by atoms with Crippen molar-refractivity contribution in [1.29, 1.82) is 0 Å². The first-order valence-corrected chi connectivity index (χ1v) is 7.62. The first-order chi connectivity index (χ1) is 9.90. The van der Waals surface area contributed by atoms with Crippen molar-refractivity contribution >= 4 is 11.9 Å². The van der Waals surface area contributed by atoms with Gasteiger partial charge >= 0.3 is 0 Å². The predicted molar refractivity (Wildman–Crippen MR) is 85.4 cm³/mol. The molecule has 1 aliphatic rings. The molecule has 1 saturated carbocycles. The maximum absolute atomic E-state index is 11.8. The van der Waals surface area contributed by atoms with E-state index in [1.54, 1.807) is 14.1 Å². The van der Waals surface area contributed by atoms with Gasteiger partial charge in [0.05, 0.1) is 12.0 Å². The molecule has 0 aromatic heterocycles. The molecule has 0 heterocycles. The van der Waals surface area contributed by atoms with Crippen molar-refractivity contribution in [3.05, 3.63) is 0 Å². The smallest absolute Gasteiger partial charge is 0.227 e. The molecule has 0 saturated heterocycles. The molecule has 2 N–H and O–H groups in total. The van der Waals surface area contributed by atoms with Crippen LogP contribution in [0.5, 0.6) is 0 Å². The third kappa shape index (κ3) is 6.33. The van der Waals surface area contributed by atoms with E-state index in [1.807, 2.05) is 25.8 Å². The fraction of sp³-hybridized carbons (Fsp3) is 0.867. The van der Waals surface area contributed by atoms with Crippen LogP contribution in [0.2, 0.25) is 0 Å². The van der Waals surface area contributed by atoms with Crippen LogP contribution in [0.15, 0.2) is 4.99 Å². The number of amides is 1. The first-order valence-electron chi connectivity index (χ1n) is 7.62. The largest absolute Gasteiger partial charge is 0.379 e. The number of likely N-dealkylation sites (N-methyl/N-ethyl adjacent to an activating group) is 1. The number of guanidine groups is 1. The Balaban J connectivity index is 2.30. The molecule has 0 radical (unpaired) electrons. The lowest BCUT2D eigenvalue weighted by molar-refractivity contribution is -0.128. The lowest BCUT2D eigenvalue weighted by atomic mass is 9.92. The summed E-state index contributed by atoms with van der Waals surface area (Å²) in [6.45, 7) is 6.71. The summed E-state index contributed by atoms with van der Waals surface area (Å²) in [5.74, 6) is 1.59. The molecule has 1 aliphatic carbocycles. The maximum atomic E-state index is 11.8. The molecule has 1 rings (SSSR count). The SMILES string of the molecule is CN=C(NCC(C)(C)C(=O)NC)N(C)CCOCC1CC1. The summed E-state index contributed by atoms with van der Waals surface area (Å²) in [6, 6.07) is 0. The van der Waals surface area contributed by atoms with Gasteiger partial charge in [0.25, 0.3) is 0 Å². The monoisotopic (exact) mass is 298 g/mol. The summed E-state index contributed by atoms with van der Waals surface area (Å²) in [4.78, 5) is 18.0. The number of nitrogens with one attached hydrogen (secondary N) is 2. The van der Waals surface area contributed by atoms with Gasteiger partial charge in [-0.3, -0.25) is 9.79 Å². The van der Waals surface area contributed by atoms with Gasteiger partial charge in [0.2, 0.25) is 5.91 Å². The number of rotatable bonds is 8. The first kappa shape index (κ1) is 17.8. The normalized spacial score (nSPS) is 15.8. The summed E-state index contributed by atoms with van der Waals surface area (Å²) < 4.78 is 5.64. The predicted octanol–water partition coefficient (Wildman–Crippen LogP) is 0.692. The summed E-state index contributed by atoms with van der Waals surface area (Å²) in [6.07, 6.45) is 2.63. The Morgan fingerprint density at radius 1 is 1.43 bits per heavy atom. The molecule has 0 spiro atoms. The number of hydrogen-bond acceptors (Lipinski definition) is 3. The van der Waals surface area contributed by atoms with Crippen LogP contribution in [0, 0.1) is 11.3 Å². The van der Waals surface area contributed by atoms with Gasteiger partial charge in [-0.15, -0.1) is 0 Å². The fourth-order valence-corrected chi connectivity index (χ4v) is 1.95. The van der Waals surface area contributed by atoms with Gasteiger partial charge in [0, 0.05) is 40.8 Å². The zero-order chi connectivity index (χ0) is 15.9. The van der Waals surface area contributed by atoms with Crippen LogP contribution in [0.25, 0.3) is 0 Å². The third-order valence-electron chi connectivity index (χ3n) is 3.73. The molecule has 21 heavy (non-hydrogen) atoms. The van der Waals surface area contributed by atoms with Crippen molar-refractivity contribution in [2.24, 2.45) is 16.3 Å². The van der Waals surface area contributed by atoms with E-state index < -0.39 is 5.41 Å². The van der Waals surface area contributed by atoms with E-state index in [0.717, 1.165) is 25.0 Å². The minimum atomic E-state index is -0.478. The highest BCUT2D eigenvalue weighted by Gasteiger charge is 2.27. The van der Waals surface area contributed by atoms with Crippen LogP contribution in [-0.2, 0) is 9.53 Å². The minimum Gasteiger partial charge on any atom is -0.379 e. The number of hydrogen-bond donors (Lipinski definition) is 2. The van der Waals surface area contributed by atoms with Crippen LogP contribution >= 0.6 is 0 Å². The summed E-state index contributed by atoms with van der Waals surface area (Å²) in [5, 5.41) is 5.93. The van der Waals surface area contributed by atoms with Gasteiger partial charge in [-0.2, -0.15) is 0 Å². The average Bonchev–Trinajstić information content (AvgIpc) is 3.27. The maximum Gasteiger partial charge on any atom is 0.227 e. The number of aliphatic imine (C=N–C) groups is 1. The van der Waals surface area contributed by atoms with Crippen LogP contribution in [0.3, 0.4) is 0 Å². The second-order valence-corrected chi connectivity index (χ2v) is 6.30. The van der Waals surface area contributed by atoms with E-state index >= 15 is 0 Å². The van der Waals surface area contributed by atoms with Gasteiger partial charge in [-0.1, -0.05) is 0 Å². The average molecular weight is 298 g/mol. The van der Waals surface area contributed by atoms with Gasteiger partial charge in [0.15, 0.2) is 5.96 Å².